The summed E-state index contributed by atoms with van der Waals surface area (Å²) < 4.78 is 9.02. The largest absolute Gasteiger partial charge is 0.454 e. The quantitative estimate of drug-likeness (QED) is 0.181. The Morgan fingerprint density at radius 1 is 0.421 bits per heavy atom. The zero-order chi connectivity index (χ0) is 37.5. The van der Waals surface area contributed by atoms with E-state index in [-0.39, 0.29) is 0 Å². The third-order valence-electron chi connectivity index (χ3n) is 11.5. The Morgan fingerprint density at radius 3 is 1.89 bits per heavy atom. The number of furan rings is 1. The lowest BCUT2D eigenvalue weighted by Crippen LogP contribution is -2.11. The second kappa shape index (κ2) is 12.4. The second-order valence-corrected chi connectivity index (χ2v) is 14.7. The molecule has 12 rings (SSSR count). The maximum atomic E-state index is 6.58. The maximum absolute atomic E-state index is 6.58. The Kier molecular flexibility index (Phi) is 6.89. The van der Waals surface area contributed by atoms with E-state index < -0.39 is 0 Å². The van der Waals surface area contributed by atoms with Crippen molar-refractivity contribution in [3.8, 4) is 50.3 Å². The van der Waals surface area contributed by atoms with E-state index in [1.807, 2.05) is 18.2 Å². The smallest absolute Gasteiger partial charge is 0.162 e. The van der Waals surface area contributed by atoms with Crippen molar-refractivity contribution in [2.24, 2.45) is 0 Å². The summed E-state index contributed by atoms with van der Waals surface area (Å²) in [6.07, 6.45) is 0. The van der Waals surface area contributed by atoms with Crippen LogP contribution in [-0.2, 0) is 0 Å². The van der Waals surface area contributed by atoms with Gasteiger partial charge in [-0.25, -0.2) is 4.98 Å². The molecule has 1 aliphatic heterocycles. The highest BCUT2D eigenvalue weighted by atomic mass is 16.3. The van der Waals surface area contributed by atoms with Crippen LogP contribution < -0.4 is 4.90 Å². The number of benzene rings is 8. The SMILES string of the molecule is c1ccc(-n2c3c(c4ccccc42)-c2ccccc2N(c2cccc(-c4cccc(-c5c6ccccc6nc6c5oc5ccccc56)c4)c2)c2ccccc2-3)cc1. The predicted octanol–water partition coefficient (Wildman–Crippen LogP) is 14.5. The lowest BCUT2D eigenvalue weighted by molar-refractivity contribution is 0.670. The molecule has 0 unspecified atom stereocenters. The molecule has 4 heteroatoms. The van der Waals surface area contributed by atoms with E-state index >= 15 is 0 Å². The molecule has 0 N–H and O–H groups in total. The first-order chi connectivity index (χ1) is 28.3. The van der Waals surface area contributed by atoms with E-state index in [0.29, 0.717) is 0 Å². The molecule has 0 saturated carbocycles. The van der Waals surface area contributed by atoms with Crippen molar-refractivity contribution in [2.75, 3.05) is 4.90 Å². The van der Waals surface area contributed by atoms with Gasteiger partial charge in [-0.2, -0.15) is 0 Å². The molecule has 0 atom stereocenters. The first kappa shape index (κ1) is 31.6. The van der Waals surface area contributed by atoms with Crippen LogP contribution in [0.5, 0.6) is 0 Å². The van der Waals surface area contributed by atoms with E-state index in [1.54, 1.807) is 0 Å². The lowest BCUT2D eigenvalue weighted by atomic mass is 9.95. The normalized spacial score (nSPS) is 12.2. The van der Waals surface area contributed by atoms with Crippen molar-refractivity contribution in [1.82, 2.24) is 9.55 Å². The molecule has 11 aromatic rings. The molecule has 4 heterocycles. The van der Waals surface area contributed by atoms with Crippen LogP contribution >= 0.6 is 0 Å². The number of nitrogens with zero attached hydrogens (tertiary/aromatic N) is 3. The molecule has 0 amide bonds. The van der Waals surface area contributed by atoms with Crippen LogP contribution in [0.1, 0.15) is 0 Å². The average Bonchev–Trinajstić information content (AvgIpc) is 3.78. The Balaban J connectivity index is 1.06. The minimum absolute atomic E-state index is 0.810. The van der Waals surface area contributed by atoms with Crippen LogP contribution in [0.25, 0.3) is 94.2 Å². The maximum Gasteiger partial charge on any atom is 0.162 e. The summed E-state index contributed by atoms with van der Waals surface area (Å²) in [5.41, 5.74) is 18.4. The molecule has 0 fully saturated rings. The highest BCUT2D eigenvalue weighted by molar-refractivity contribution is 6.16. The molecule has 57 heavy (non-hydrogen) atoms. The van der Waals surface area contributed by atoms with Gasteiger partial charge in [-0.3, -0.25) is 0 Å². The van der Waals surface area contributed by atoms with Gasteiger partial charge < -0.3 is 13.9 Å². The van der Waals surface area contributed by atoms with Crippen molar-refractivity contribution < 1.29 is 4.42 Å². The van der Waals surface area contributed by atoms with Gasteiger partial charge >= 0.3 is 0 Å². The summed E-state index contributed by atoms with van der Waals surface area (Å²) in [5, 5.41) is 3.32. The molecular formula is C53H33N3O. The average molecular weight is 728 g/mol. The Labute approximate surface area is 329 Å². The molecule has 1 aliphatic rings. The van der Waals surface area contributed by atoms with Crippen LogP contribution in [0.15, 0.2) is 205 Å². The summed E-state index contributed by atoms with van der Waals surface area (Å²) >= 11 is 0. The fourth-order valence-corrected chi connectivity index (χ4v) is 9.07. The van der Waals surface area contributed by atoms with Gasteiger partial charge in [0.2, 0.25) is 0 Å². The molecule has 0 aliphatic carbocycles. The number of fused-ring (bicyclic) bond motifs is 11. The van der Waals surface area contributed by atoms with Crippen LogP contribution in [0.2, 0.25) is 0 Å². The van der Waals surface area contributed by atoms with Crippen molar-refractivity contribution in [3.05, 3.63) is 200 Å². The zero-order valence-corrected chi connectivity index (χ0v) is 30.8. The van der Waals surface area contributed by atoms with Gasteiger partial charge in [-0.05, 0) is 83.4 Å². The molecular weight excluding hydrogens is 695 g/mol. The monoisotopic (exact) mass is 727 g/mol. The summed E-state index contributed by atoms with van der Waals surface area (Å²) in [6.45, 7) is 0. The van der Waals surface area contributed by atoms with E-state index in [1.165, 1.54) is 33.3 Å². The van der Waals surface area contributed by atoms with Crippen LogP contribution in [0.4, 0.5) is 17.1 Å². The highest BCUT2D eigenvalue weighted by Crippen LogP contribution is 2.54. The van der Waals surface area contributed by atoms with Crippen LogP contribution in [-0.4, -0.2) is 9.55 Å². The summed E-state index contributed by atoms with van der Waals surface area (Å²) in [5.74, 6) is 0. The molecule has 0 saturated heterocycles. The van der Waals surface area contributed by atoms with E-state index in [9.17, 15) is 0 Å². The fourth-order valence-electron chi connectivity index (χ4n) is 9.07. The van der Waals surface area contributed by atoms with Gasteiger partial charge in [0.15, 0.2) is 5.58 Å². The number of hydrogen-bond donors (Lipinski definition) is 0. The van der Waals surface area contributed by atoms with Gasteiger partial charge in [0, 0.05) is 49.8 Å². The first-order valence-corrected chi connectivity index (χ1v) is 19.4. The molecule has 0 bridgehead atoms. The number of aromatic nitrogens is 2. The third kappa shape index (κ3) is 4.77. The second-order valence-electron chi connectivity index (χ2n) is 14.7. The Bertz CT molecular complexity index is 3370. The standard InChI is InChI=1S/C53H33N3O/c1-2-19-37(20-3-1)56-46-29-11-6-24-41(46)50-40-23-5-10-28-45(40)55(47-30-12-7-25-42(47)52(50)56)38-21-15-17-35(33-38)34-16-14-18-36(32-34)49-39-22-4-9-27-44(39)54-51-43-26-8-13-31-48(43)57-53(49)51/h1-33H. The summed E-state index contributed by atoms with van der Waals surface area (Å²) in [7, 11) is 0. The molecule has 266 valence electrons. The molecule has 4 nitrogen and oxygen atoms in total. The van der Waals surface area contributed by atoms with Gasteiger partial charge in [-0.15, -0.1) is 0 Å². The molecule has 3 aromatic heterocycles. The Morgan fingerprint density at radius 2 is 1.04 bits per heavy atom. The van der Waals surface area contributed by atoms with Crippen molar-refractivity contribution in [2.45, 2.75) is 0 Å². The number of pyridine rings is 1. The highest BCUT2D eigenvalue weighted by Gasteiger charge is 2.31. The van der Waals surface area contributed by atoms with Crippen molar-refractivity contribution in [3.63, 3.8) is 0 Å². The topological polar surface area (TPSA) is 34.2 Å². The van der Waals surface area contributed by atoms with Gasteiger partial charge in [-0.1, -0.05) is 133 Å². The van der Waals surface area contributed by atoms with Crippen molar-refractivity contribution >= 4 is 60.9 Å². The number of para-hydroxylation sites is 6. The van der Waals surface area contributed by atoms with Gasteiger partial charge in [0.05, 0.1) is 28.1 Å². The lowest BCUT2D eigenvalue weighted by Gasteiger charge is -2.28. The minimum atomic E-state index is 0.810. The zero-order valence-electron chi connectivity index (χ0n) is 30.8. The molecule has 8 aromatic carbocycles. The summed E-state index contributed by atoms with van der Waals surface area (Å²) in [4.78, 5) is 7.53. The van der Waals surface area contributed by atoms with Gasteiger partial charge in [0.25, 0.3) is 0 Å². The minimum Gasteiger partial charge on any atom is -0.454 e. The van der Waals surface area contributed by atoms with Crippen LogP contribution in [0, 0.1) is 0 Å². The Hall–Kier alpha value is -7.69. The number of hydrogen-bond acceptors (Lipinski definition) is 3. The fraction of sp³-hybridized carbons (Fsp3) is 0. The predicted molar refractivity (Wildman–Crippen MR) is 236 cm³/mol. The van der Waals surface area contributed by atoms with Crippen LogP contribution in [0.3, 0.4) is 0 Å². The number of rotatable bonds is 4. The summed E-state index contributed by atoms with van der Waals surface area (Å²) in [6, 6.07) is 71.6. The van der Waals surface area contributed by atoms with E-state index in [0.717, 1.165) is 78.0 Å². The molecule has 0 radical (unpaired) electrons. The van der Waals surface area contributed by atoms with E-state index in [2.05, 4.69) is 191 Å². The van der Waals surface area contributed by atoms with Crippen molar-refractivity contribution in [1.29, 1.82) is 0 Å². The van der Waals surface area contributed by atoms with E-state index in [4.69, 9.17) is 9.40 Å². The van der Waals surface area contributed by atoms with Gasteiger partial charge in [0.1, 0.15) is 11.1 Å². The molecule has 0 spiro atoms. The number of anilines is 3. The first-order valence-electron chi connectivity index (χ1n) is 19.4. The third-order valence-corrected chi connectivity index (χ3v) is 11.5.